The van der Waals surface area contributed by atoms with Gasteiger partial charge < -0.3 is 0 Å². The van der Waals surface area contributed by atoms with Crippen LogP contribution in [0.5, 0.6) is 0 Å². The fourth-order valence-electron chi connectivity index (χ4n) is 2.11. The average molecular weight is 361 g/mol. The van der Waals surface area contributed by atoms with E-state index in [1.807, 2.05) is 6.07 Å². The maximum absolute atomic E-state index is 11.7. The van der Waals surface area contributed by atoms with Crippen molar-refractivity contribution in [3.8, 4) is 0 Å². The van der Waals surface area contributed by atoms with E-state index in [-0.39, 0.29) is 11.8 Å². The quantitative estimate of drug-likeness (QED) is 0.561. The summed E-state index contributed by atoms with van der Waals surface area (Å²) in [5.41, 5.74) is 2.40. The van der Waals surface area contributed by atoms with Crippen molar-refractivity contribution in [1.82, 2.24) is 25.2 Å². The Balaban J connectivity index is 3.22. The maximum Gasteiger partial charge on any atom is 0.254 e. The van der Waals surface area contributed by atoms with Gasteiger partial charge in [-0.05, 0) is 26.0 Å². The molecule has 1 aromatic heterocycles. The number of pyridine rings is 1. The van der Waals surface area contributed by atoms with Crippen LogP contribution in [-0.2, 0) is 9.59 Å². The largest absolute Gasteiger partial charge is 0.272 e. The van der Waals surface area contributed by atoms with Gasteiger partial charge >= 0.3 is 0 Å². The van der Waals surface area contributed by atoms with Crippen molar-refractivity contribution < 1.29 is 9.59 Å². The van der Waals surface area contributed by atoms with Gasteiger partial charge in [-0.25, -0.2) is 15.0 Å². The highest BCUT2D eigenvalue weighted by molar-refractivity contribution is 6.01. The van der Waals surface area contributed by atoms with Gasteiger partial charge in [-0.15, -0.1) is 0 Å². The van der Waals surface area contributed by atoms with E-state index in [1.165, 1.54) is 24.1 Å². The number of amides is 2. The van der Waals surface area contributed by atoms with E-state index in [4.69, 9.17) is 0 Å². The van der Waals surface area contributed by atoms with Crippen LogP contribution >= 0.6 is 0 Å². The normalized spacial score (nSPS) is 12.5. The van der Waals surface area contributed by atoms with E-state index < -0.39 is 0 Å². The van der Waals surface area contributed by atoms with Gasteiger partial charge in [0.15, 0.2) is 0 Å². The summed E-state index contributed by atoms with van der Waals surface area (Å²) in [5, 5.41) is 14.3. The van der Waals surface area contributed by atoms with Crippen LogP contribution in [0.15, 0.2) is 28.4 Å². The summed E-state index contributed by atoms with van der Waals surface area (Å²) >= 11 is 0. The second kappa shape index (κ2) is 9.16. The first-order valence-corrected chi connectivity index (χ1v) is 8.08. The number of hydrazone groups is 2. The summed E-state index contributed by atoms with van der Waals surface area (Å²) in [4.78, 5) is 27.9. The number of carbonyl (C=O) groups excluding carboxylic acids is 2. The van der Waals surface area contributed by atoms with Gasteiger partial charge in [0.25, 0.3) is 11.8 Å². The Labute approximate surface area is 154 Å². The molecular weight excluding hydrogens is 334 g/mol. The molecule has 0 saturated heterocycles. The van der Waals surface area contributed by atoms with Crippen molar-refractivity contribution in [2.45, 2.75) is 27.7 Å². The fraction of sp³-hybridized carbons (Fsp3) is 0.471. The van der Waals surface area contributed by atoms with Crippen LogP contribution in [0.4, 0.5) is 0 Å². The van der Waals surface area contributed by atoms with E-state index in [2.05, 4.69) is 15.2 Å². The third kappa shape index (κ3) is 5.71. The van der Waals surface area contributed by atoms with Crippen molar-refractivity contribution in [2.24, 2.45) is 10.2 Å². The second-order valence-electron chi connectivity index (χ2n) is 6.09. The maximum atomic E-state index is 11.7. The van der Waals surface area contributed by atoms with Gasteiger partial charge in [0.05, 0.1) is 22.8 Å². The van der Waals surface area contributed by atoms with Crippen molar-refractivity contribution in [3.63, 3.8) is 0 Å². The molecule has 0 fully saturated rings. The lowest BCUT2D eigenvalue weighted by Crippen LogP contribution is -2.37. The molecule has 0 aliphatic heterocycles. The molecule has 1 heterocycles. The van der Waals surface area contributed by atoms with Gasteiger partial charge in [-0.1, -0.05) is 6.07 Å². The summed E-state index contributed by atoms with van der Waals surface area (Å²) in [5.74, 6) is -0.405. The van der Waals surface area contributed by atoms with Gasteiger partial charge in [0.2, 0.25) is 0 Å². The Kier molecular flexibility index (Phi) is 7.54. The van der Waals surface area contributed by atoms with Gasteiger partial charge in [0, 0.05) is 42.0 Å². The molecule has 0 aromatic carbocycles. The lowest BCUT2D eigenvalue weighted by atomic mass is 10.2. The van der Waals surface area contributed by atoms with Crippen LogP contribution < -0.4 is 0 Å². The number of nitrogens with zero attached hydrogens (tertiary/aromatic N) is 7. The van der Waals surface area contributed by atoms with Crippen LogP contribution in [0, 0.1) is 0 Å². The number of carbonyl (C=O) groups is 2. The molecule has 0 atom stereocenters. The SMILES string of the molecule is CC(=O)N(N=C(C)c1cccc(C(C)=NN(C(C)=O)N(C)C)n1)N(C)C. The standard InChI is InChI=1S/C17H27N7O2/c1-12(19-23(14(3)25)21(5)6)16-10-9-11-17(18-16)13(2)20-24(15(4)26)22(7)8/h9-11H,1-8H3. The molecule has 0 saturated carbocycles. The van der Waals surface area contributed by atoms with Crippen LogP contribution in [0.3, 0.4) is 0 Å². The smallest absolute Gasteiger partial charge is 0.254 e. The molecule has 0 radical (unpaired) electrons. The summed E-state index contributed by atoms with van der Waals surface area (Å²) in [6.07, 6.45) is 0. The average Bonchev–Trinajstić information content (AvgIpc) is 2.55. The summed E-state index contributed by atoms with van der Waals surface area (Å²) in [6, 6.07) is 5.44. The topological polar surface area (TPSA) is 84.7 Å². The molecule has 0 bridgehead atoms. The zero-order chi connectivity index (χ0) is 20.0. The molecule has 9 heteroatoms. The number of hydrogen-bond acceptors (Lipinski definition) is 7. The van der Waals surface area contributed by atoms with Crippen molar-refractivity contribution in [3.05, 3.63) is 29.6 Å². The van der Waals surface area contributed by atoms with Crippen LogP contribution in [0.2, 0.25) is 0 Å². The first-order chi connectivity index (χ1) is 12.0. The van der Waals surface area contributed by atoms with E-state index in [0.29, 0.717) is 22.8 Å². The van der Waals surface area contributed by atoms with E-state index in [9.17, 15) is 9.59 Å². The predicted molar refractivity (Wildman–Crippen MR) is 101 cm³/mol. The molecule has 1 rings (SSSR count). The third-order valence-electron chi connectivity index (χ3n) is 3.30. The minimum absolute atomic E-state index is 0.202. The molecule has 2 amide bonds. The lowest BCUT2D eigenvalue weighted by Gasteiger charge is -2.23. The lowest BCUT2D eigenvalue weighted by molar-refractivity contribution is -0.142. The fourth-order valence-corrected chi connectivity index (χ4v) is 2.11. The van der Waals surface area contributed by atoms with Crippen LogP contribution in [0.25, 0.3) is 0 Å². The van der Waals surface area contributed by atoms with E-state index in [0.717, 1.165) is 0 Å². The summed E-state index contributed by atoms with van der Waals surface area (Å²) in [7, 11) is 6.93. The number of aromatic nitrogens is 1. The molecule has 0 aliphatic rings. The van der Waals surface area contributed by atoms with Crippen LogP contribution in [0.1, 0.15) is 39.1 Å². The number of hydrogen-bond donors (Lipinski definition) is 0. The molecule has 9 nitrogen and oxygen atoms in total. The van der Waals surface area contributed by atoms with Gasteiger partial charge in [-0.3, -0.25) is 9.59 Å². The molecule has 0 unspecified atom stereocenters. The van der Waals surface area contributed by atoms with Gasteiger partial charge in [-0.2, -0.15) is 20.4 Å². The highest BCUT2D eigenvalue weighted by atomic mass is 16.2. The Morgan fingerprint density at radius 3 is 1.38 bits per heavy atom. The van der Waals surface area contributed by atoms with E-state index >= 15 is 0 Å². The monoisotopic (exact) mass is 361 g/mol. The van der Waals surface area contributed by atoms with Crippen molar-refractivity contribution in [1.29, 1.82) is 0 Å². The van der Waals surface area contributed by atoms with Gasteiger partial charge in [0.1, 0.15) is 0 Å². The Morgan fingerprint density at radius 2 is 1.12 bits per heavy atom. The molecule has 0 spiro atoms. The second-order valence-corrected chi connectivity index (χ2v) is 6.09. The molecule has 26 heavy (non-hydrogen) atoms. The Bertz CT molecular complexity index is 668. The Hall–Kier alpha value is -2.65. The third-order valence-corrected chi connectivity index (χ3v) is 3.30. The minimum Gasteiger partial charge on any atom is -0.272 e. The molecular formula is C17H27N7O2. The molecule has 0 N–H and O–H groups in total. The molecule has 1 aromatic rings. The minimum atomic E-state index is -0.202. The first-order valence-electron chi connectivity index (χ1n) is 8.08. The number of hydrazine groups is 2. The number of rotatable bonds is 6. The highest BCUT2D eigenvalue weighted by Gasteiger charge is 2.14. The van der Waals surface area contributed by atoms with E-state index in [1.54, 1.807) is 64.2 Å². The van der Waals surface area contributed by atoms with Crippen LogP contribution in [-0.4, -0.2) is 76.7 Å². The zero-order valence-corrected chi connectivity index (χ0v) is 16.7. The molecule has 142 valence electrons. The first kappa shape index (κ1) is 21.4. The molecule has 0 aliphatic carbocycles. The Morgan fingerprint density at radius 1 is 0.769 bits per heavy atom. The summed E-state index contributed by atoms with van der Waals surface area (Å²) in [6.45, 7) is 6.43. The summed E-state index contributed by atoms with van der Waals surface area (Å²) < 4.78 is 0. The van der Waals surface area contributed by atoms with Crippen molar-refractivity contribution in [2.75, 3.05) is 28.2 Å². The highest BCUT2D eigenvalue weighted by Crippen LogP contribution is 2.07. The van der Waals surface area contributed by atoms with Crippen molar-refractivity contribution >= 4 is 23.2 Å². The predicted octanol–water partition coefficient (Wildman–Crippen LogP) is 1.18. The zero-order valence-electron chi connectivity index (χ0n) is 16.7.